The van der Waals surface area contributed by atoms with Crippen LogP contribution >= 0.6 is 11.3 Å². The first kappa shape index (κ1) is 27.4. The van der Waals surface area contributed by atoms with Crippen LogP contribution in [0.5, 0.6) is 0 Å². The van der Waals surface area contributed by atoms with Crippen molar-refractivity contribution in [1.82, 2.24) is 9.88 Å². The predicted molar refractivity (Wildman–Crippen MR) is 146 cm³/mol. The number of hydrogen-bond acceptors (Lipinski definition) is 8. The first-order chi connectivity index (χ1) is 17.9. The second kappa shape index (κ2) is 11.0. The van der Waals surface area contributed by atoms with Gasteiger partial charge in [-0.25, -0.2) is 10.8 Å². The van der Waals surface area contributed by atoms with Gasteiger partial charge >= 0.3 is 6.18 Å². The van der Waals surface area contributed by atoms with Crippen LogP contribution in [0.1, 0.15) is 31.4 Å². The summed E-state index contributed by atoms with van der Waals surface area (Å²) in [5.41, 5.74) is 7.77. The lowest BCUT2D eigenvalue weighted by molar-refractivity contribution is -0.137. The Morgan fingerprint density at radius 3 is 2.47 bits per heavy atom. The van der Waals surface area contributed by atoms with Gasteiger partial charge in [0.15, 0.2) is 0 Å². The van der Waals surface area contributed by atoms with E-state index in [1.807, 2.05) is 25.8 Å². The summed E-state index contributed by atoms with van der Waals surface area (Å²) in [5.74, 6) is 5.68. The molecule has 1 saturated heterocycles. The maximum absolute atomic E-state index is 13.7. The molecule has 1 aromatic heterocycles. The van der Waals surface area contributed by atoms with Gasteiger partial charge in [0, 0.05) is 55.5 Å². The minimum absolute atomic E-state index is 0.0650. The van der Waals surface area contributed by atoms with Gasteiger partial charge in [0.25, 0.3) is 5.91 Å². The topological polar surface area (TPSA) is 104 Å². The molecule has 1 amide bonds. The van der Waals surface area contributed by atoms with Crippen LogP contribution in [0.4, 0.5) is 30.2 Å². The van der Waals surface area contributed by atoms with E-state index < -0.39 is 17.6 Å². The quantitative estimate of drug-likeness (QED) is 0.311. The largest absolute Gasteiger partial charge is 0.416 e. The van der Waals surface area contributed by atoms with E-state index in [4.69, 9.17) is 11.6 Å². The zero-order valence-electron chi connectivity index (χ0n) is 21.3. The summed E-state index contributed by atoms with van der Waals surface area (Å²) in [6, 6.07) is 8.52. The molecule has 0 spiro atoms. The van der Waals surface area contributed by atoms with Gasteiger partial charge in [-0.1, -0.05) is 6.07 Å². The van der Waals surface area contributed by atoms with Crippen molar-refractivity contribution in [3.05, 3.63) is 75.4 Å². The number of nitrogens with zero attached hydrogens (tertiary/aromatic N) is 4. The molecule has 0 saturated carbocycles. The number of likely N-dealkylation sites (N-methyl/N-ethyl adjacent to an activating group) is 1. The number of nitrogens with one attached hydrogen (secondary N) is 1. The Kier molecular flexibility index (Phi) is 7.95. The van der Waals surface area contributed by atoms with E-state index in [0.29, 0.717) is 30.2 Å². The molecule has 3 aromatic rings. The van der Waals surface area contributed by atoms with Crippen LogP contribution in [-0.4, -0.2) is 49.0 Å². The van der Waals surface area contributed by atoms with Crippen LogP contribution in [0, 0.1) is 13.8 Å². The van der Waals surface area contributed by atoms with Gasteiger partial charge in [-0.3, -0.25) is 9.80 Å². The molecule has 0 atom stereocenters. The van der Waals surface area contributed by atoms with Crippen LogP contribution in [0.3, 0.4) is 0 Å². The molecule has 1 aliphatic rings. The van der Waals surface area contributed by atoms with Gasteiger partial charge in [0.1, 0.15) is 0 Å². The summed E-state index contributed by atoms with van der Waals surface area (Å²) in [4.78, 5) is 22.1. The van der Waals surface area contributed by atoms with Gasteiger partial charge in [0.2, 0.25) is 0 Å². The summed E-state index contributed by atoms with van der Waals surface area (Å²) in [7, 11) is 1.97. The molecular weight excluding hydrogens is 515 g/mol. The van der Waals surface area contributed by atoms with E-state index in [9.17, 15) is 18.0 Å². The molecular formula is C26H30F3N7OS. The molecule has 2 aromatic carbocycles. The Bertz CT molecular complexity index is 1350. The van der Waals surface area contributed by atoms with Gasteiger partial charge in [-0.05, 0) is 56.8 Å². The van der Waals surface area contributed by atoms with Gasteiger partial charge in [-0.15, -0.1) is 11.3 Å². The Morgan fingerprint density at radius 2 is 1.84 bits per heavy atom. The van der Waals surface area contributed by atoms with Crippen molar-refractivity contribution >= 4 is 40.0 Å². The van der Waals surface area contributed by atoms with Crippen molar-refractivity contribution in [2.75, 3.05) is 48.5 Å². The number of alkyl halides is 3. The number of thiazole rings is 1. The number of aryl methyl sites for hydroxylation is 2. The van der Waals surface area contributed by atoms with Gasteiger partial charge in [0.05, 0.1) is 26.8 Å². The van der Waals surface area contributed by atoms with Gasteiger partial charge in [-0.2, -0.15) is 13.2 Å². The number of hydrogen-bond donors (Lipinski definition) is 3. The summed E-state index contributed by atoms with van der Waals surface area (Å²) >= 11 is 1.42. The van der Waals surface area contributed by atoms with E-state index >= 15 is 0 Å². The number of anilines is 3. The second-order valence-electron chi connectivity index (χ2n) is 9.25. The lowest BCUT2D eigenvalue weighted by Gasteiger charge is -2.34. The van der Waals surface area contributed by atoms with Crippen LogP contribution < -0.4 is 26.8 Å². The number of piperazine rings is 1. The minimum atomic E-state index is -4.55. The zero-order valence-corrected chi connectivity index (χ0v) is 22.2. The molecule has 202 valence electrons. The first-order valence-electron chi connectivity index (χ1n) is 11.9. The minimum Gasteiger partial charge on any atom is -0.396 e. The molecule has 0 radical (unpaired) electrons. The van der Waals surface area contributed by atoms with Crippen molar-refractivity contribution < 1.29 is 18.0 Å². The number of halogens is 3. The SMILES string of the molecule is Cc1ncc(/C(N)=C/N(N)c2cc(C(=O)Nc3cc(N4CCN(C)CC4)cc(C(F)(F)F)c3)ccc2C)s1. The fourth-order valence-electron chi connectivity index (χ4n) is 4.10. The highest BCUT2D eigenvalue weighted by atomic mass is 32.1. The molecule has 0 bridgehead atoms. The van der Waals surface area contributed by atoms with E-state index in [-0.39, 0.29) is 11.3 Å². The number of hydrazine groups is 1. The molecule has 0 aliphatic carbocycles. The first-order valence-corrected chi connectivity index (χ1v) is 12.7. The third kappa shape index (κ3) is 6.44. The van der Waals surface area contributed by atoms with E-state index in [1.54, 1.807) is 30.5 Å². The van der Waals surface area contributed by atoms with Crippen molar-refractivity contribution in [1.29, 1.82) is 0 Å². The fraction of sp³-hybridized carbons (Fsp3) is 0.308. The summed E-state index contributed by atoms with van der Waals surface area (Å²) in [6.45, 7) is 6.36. The predicted octanol–water partition coefficient (Wildman–Crippen LogP) is 4.42. The van der Waals surface area contributed by atoms with E-state index in [2.05, 4.69) is 15.2 Å². The molecule has 4 rings (SSSR count). The molecule has 5 N–H and O–H groups in total. The van der Waals surface area contributed by atoms with Crippen molar-refractivity contribution in [3.63, 3.8) is 0 Å². The van der Waals surface area contributed by atoms with Crippen LogP contribution in [0.15, 0.2) is 48.8 Å². The summed E-state index contributed by atoms with van der Waals surface area (Å²) in [6.07, 6.45) is -1.37. The molecule has 8 nitrogen and oxygen atoms in total. The Morgan fingerprint density at radius 1 is 1.13 bits per heavy atom. The molecule has 1 fully saturated rings. The van der Waals surface area contributed by atoms with Crippen molar-refractivity contribution in [3.8, 4) is 0 Å². The van der Waals surface area contributed by atoms with E-state index in [0.717, 1.165) is 40.7 Å². The van der Waals surface area contributed by atoms with E-state index in [1.165, 1.54) is 22.5 Å². The zero-order chi connectivity index (χ0) is 27.6. The Hall–Kier alpha value is -3.61. The van der Waals surface area contributed by atoms with Gasteiger partial charge < -0.3 is 20.9 Å². The second-order valence-corrected chi connectivity index (χ2v) is 10.5. The Balaban J connectivity index is 1.58. The van der Waals surface area contributed by atoms with Crippen LogP contribution in [0.2, 0.25) is 0 Å². The molecule has 2 heterocycles. The standard InChI is InChI=1S/C26H30F3N7OS/c1-16-4-5-18(10-23(16)36(31)15-22(30)24-14-32-17(2)38-24)25(37)33-20-11-19(26(27,28)29)12-21(13-20)35-8-6-34(3)7-9-35/h4-5,10-15H,6-9,30-31H2,1-3H3,(H,33,37)/b22-15-. The highest BCUT2D eigenvalue weighted by Crippen LogP contribution is 2.35. The lowest BCUT2D eigenvalue weighted by Crippen LogP contribution is -2.44. The molecule has 38 heavy (non-hydrogen) atoms. The average Bonchev–Trinajstić information content (AvgIpc) is 3.30. The van der Waals surface area contributed by atoms with Crippen LogP contribution in [-0.2, 0) is 6.18 Å². The number of benzene rings is 2. The normalized spacial score (nSPS) is 15.0. The van der Waals surface area contributed by atoms with Crippen molar-refractivity contribution in [2.45, 2.75) is 20.0 Å². The molecule has 0 unspecified atom stereocenters. The smallest absolute Gasteiger partial charge is 0.396 e. The number of carbonyl (C=O) groups is 1. The number of nitrogens with two attached hydrogens (primary N) is 2. The number of carbonyl (C=O) groups excluding carboxylic acids is 1. The third-order valence-corrected chi connectivity index (χ3v) is 7.27. The fourth-order valence-corrected chi connectivity index (χ4v) is 4.80. The lowest BCUT2D eigenvalue weighted by atomic mass is 10.1. The number of rotatable bonds is 6. The molecule has 1 aliphatic heterocycles. The summed E-state index contributed by atoms with van der Waals surface area (Å²) < 4.78 is 41.0. The number of aromatic nitrogens is 1. The maximum Gasteiger partial charge on any atom is 0.416 e. The highest BCUT2D eigenvalue weighted by molar-refractivity contribution is 7.12. The molecule has 12 heteroatoms. The monoisotopic (exact) mass is 545 g/mol. The maximum atomic E-state index is 13.7. The number of amides is 1. The van der Waals surface area contributed by atoms with Crippen LogP contribution in [0.25, 0.3) is 5.70 Å². The highest BCUT2D eigenvalue weighted by Gasteiger charge is 2.32. The summed E-state index contributed by atoms with van der Waals surface area (Å²) in [5, 5.41) is 4.80. The van der Waals surface area contributed by atoms with Crippen molar-refractivity contribution in [2.24, 2.45) is 11.6 Å². The third-order valence-electron chi connectivity index (χ3n) is 6.30. The average molecular weight is 546 g/mol. The Labute approximate surface area is 223 Å².